The molecule has 8 nitrogen and oxygen atoms in total. The van der Waals surface area contributed by atoms with Gasteiger partial charge in [0.15, 0.2) is 5.13 Å². The molecule has 2 heterocycles. The van der Waals surface area contributed by atoms with Gasteiger partial charge in [0.1, 0.15) is 23.0 Å². The van der Waals surface area contributed by atoms with Crippen LogP contribution in [-0.4, -0.2) is 34.4 Å². The summed E-state index contributed by atoms with van der Waals surface area (Å²) < 4.78 is 11.0. The molecular formula is C32H26Cl2N2O6S. The second kappa shape index (κ2) is 12.6. The molecule has 1 aromatic heterocycles. The highest BCUT2D eigenvalue weighted by atomic mass is 35.5. The van der Waals surface area contributed by atoms with Crippen LogP contribution < -0.4 is 9.64 Å². The molecule has 5 rings (SSSR count). The average Bonchev–Trinajstić information content (AvgIpc) is 3.50. The SMILES string of the molecule is CCOC(=O)c1sc(N2C(=O)C(=O)C(=C(O)c3ccc(OCc4ccccc4)cc3C)[C@H]2c2ccc(Cl)c(Cl)c2)nc1C. The predicted octanol–water partition coefficient (Wildman–Crippen LogP) is 7.45. The Morgan fingerprint density at radius 2 is 1.77 bits per heavy atom. The minimum Gasteiger partial charge on any atom is -0.507 e. The van der Waals surface area contributed by atoms with Gasteiger partial charge in [0.2, 0.25) is 0 Å². The van der Waals surface area contributed by atoms with Crippen LogP contribution in [0.5, 0.6) is 5.75 Å². The lowest BCUT2D eigenvalue weighted by molar-refractivity contribution is -0.132. The van der Waals surface area contributed by atoms with Crippen molar-refractivity contribution < 1.29 is 29.0 Å². The molecule has 0 aliphatic carbocycles. The van der Waals surface area contributed by atoms with E-state index in [1.165, 1.54) is 11.0 Å². The maximum Gasteiger partial charge on any atom is 0.350 e. The summed E-state index contributed by atoms with van der Waals surface area (Å²) in [7, 11) is 0. The largest absolute Gasteiger partial charge is 0.507 e. The van der Waals surface area contributed by atoms with Gasteiger partial charge < -0.3 is 14.6 Å². The molecule has 3 aromatic carbocycles. The number of aromatic nitrogens is 1. The summed E-state index contributed by atoms with van der Waals surface area (Å²) >= 11 is 13.4. The van der Waals surface area contributed by atoms with Gasteiger partial charge in [-0.3, -0.25) is 14.5 Å². The lowest BCUT2D eigenvalue weighted by Gasteiger charge is -2.23. The molecule has 0 unspecified atom stereocenters. The van der Waals surface area contributed by atoms with Gasteiger partial charge in [-0.05, 0) is 67.8 Å². The van der Waals surface area contributed by atoms with Crippen molar-refractivity contribution in [2.45, 2.75) is 33.4 Å². The number of ketones is 1. The number of carbonyl (C=O) groups excluding carboxylic acids is 3. The van der Waals surface area contributed by atoms with E-state index in [2.05, 4.69) is 4.98 Å². The van der Waals surface area contributed by atoms with E-state index in [1.54, 1.807) is 51.1 Å². The Bertz CT molecular complexity index is 1770. The minimum absolute atomic E-state index is 0.0964. The number of ether oxygens (including phenoxy) is 2. The van der Waals surface area contributed by atoms with Crippen molar-refractivity contribution in [3.8, 4) is 5.75 Å². The first-order valence-corrected chi connectivity index (χ1v) is 14.9. The molecule has 1 aliphatic heterocycles. The molecule has 1 fully saturated rings. The van der Waals surface area contributed by atoms with E-state index in [0.717, 1.165) is 16.9 Å². The molecular weight excluding hydrogens is 611 g/mol. The fourth-order valence-electron chi connectivity index (χ4n) is 4.78. The van der Waals surface area contributed by atoms with Crippen molar-refractivity contribution in [3.63, 3.8) is 0 Å². The zero-order chi connectivity index (χ0) is 30.8. The van der Waals surface area contributed by atoms with E-state index in [9.17, 15) is 19.5 Å². The number of hydrogen-bond donors (Lipinski definition) is 1. The summed E-state index contributed by atoms with van der Waals surface area (Å²) in [5.41, 5.74) is 2.57. The number of aryl methyl sites for hydroxylation is 2. The maximum atomic E-state index is 13.6. The Morgan fingerprint density at radius 3 is 2.44 bits per heavy atom. The highest BCUT2D eigenvalue weighted by Gasteiger charge is 2.48. The van der Waals surface area contributed by atoms with E-state index in [1.807, 2.05) is 30.3 Å². The summed E-state index contributed by atoms with van der Waals surface area (Å²) in [5.74, 6) is -2.21. The topological polar surface area (TPSA) is 106 Å². The van der Waals surface area contributed by atoms with E-state index >= 15 is 0 Å². The molecule has 1 atom stereocenters. The zero-order valence-electron chi connectivity index (χ0n) is 23.4. The summed E-state index contributed by atoms with van der Waals surface area (Å²) in [6.07, 6.45) is 0. The lowest BCUT2D eigenvalue weighted by atomic mass is 9.94. The van der Waals surface area contributed by atoms with Gasteiger partial charge in [-0.2, -0.15) is 0 Å². The number of halogens is 2. The van der Waals surface area contributed by atoms with Crippen molar-refractivity contribution in [1.82, 2.24) is 4.98 Å². The Balaban J connectivity index is 1.59. The molecule has 1 saturated heterocycles. The summed E-state index contributed by atoms with van der Waals surface area (Å²) in [4.78, 5) is 45.5. The normalized spacial score (nSPS) is 16.0. The van der Waals surface area contributed by atoms with Gasteiger partial charge in [0.05, 0.1) is 34.0 Å². The Morgan fingerprint density at radius 1 is 1.02 bits per heavy atom. The third-order valence-corrected chi connectivity index (χ3v) is 8.73. The molecule has 11 heteroatoms. The maximum absolute atomic E-state index is 13.6. The van der Waals surface area contributed by atoms with Crippen LogP contribution in [0.3, 0.4) is 0 Å². The van der Waals surface area contributed by atoms with Gasteiger partial charge in [0, 0.05) is 5.56 Å². The van der Waals surface area contributed by atoms with Gasteiger partial charge >= 0.3 is 11.9 Å². The molecule has 4 aromatic rings. The van der Waals surface area contributed by atoms with Crippen LogP contribution in [-0.2, 0) is 20.9 Å². The van der Waals surface area contributed by atoms with Crippen LogP contribution in [0.25, 0.3) is 5.76 Å². The van der Waals surface area contributed by atoms with Crippen LogP contribution in [0, 0.1) is 13.8 Å². The van der Waals surface area contributed by atoms with Gasteiger partial charge in [0.25, 0.3) is 5.78 Å². The van der Waals surface area contributed by atoms with Gasteiger partial charge in [-0.15, -0.1) is 0 Å². The Labute approximate surface area is 262 Å². The predicted molar refractivity (Wildman–Crippen MR) is 166 cm³/mol. The number of nitrogens with zero attached hydrogens (tertiary/aromatic N) is 2. The molecule has 1 aliphatic rings. The Hall–Kier alpha value is -4.18. The minimum atomic E-state index is -1.11. The van der Waals surface area contributed by atoms with E-state index < -0.39 is 23.7 Å². The monoisotopic (exact) mass is 636 g/mol. The number of thiazole rings is 1. The number of Topliss-reactive ketones (excluding diaryl/α,β-unsaturated/α-hetero) is 1. The highest BCUT2D eigenvalue weighted by Crippen LogP contribution is 2.45. The molecule has 0 saturated carbocycles. The van der Waals surface area contributed by atoms with Crippen LogP contribution in [0.4, 0.5) is 5.13 Å². The number of amides is 1. The molecule has 0 bridgehead atoms. The second-order valence-corrected chi connectivity index (χ2v) is 11.5. The van der Waals surface area contributed by atoms with E-state index in [4.69, 9.17) is 32.7 Å². The van der Waals surface area contributed by atoms with Crippen LogP contribution in [0.1, 0.15) is 50.6 Å². The number of rotatable bonds is 8. The van der Waals surface area contributed by atoms with Crippen molar-refractivity contribution in [2.75, 3.05) is 11.5 Å². The van der Waals surface area contributed by atoms with Gasteiger partial charge in [-0.25, -0.2) is 9.78 Å². The van der Waals surface area contributed by atoms with Crippen molar-refractivity contribution in [1.29, 1.82) is 0 Å². The summed E-state index contributed by atoms with van der Waals surface area (Å²) in [6, 6.07) is 18.3. The standard InChI is InChI=1S/C32H26Cl2N2O6S/c1-4-41-31(40)29-18(3)35-32(43-29)36-26(20-10-13-23(33)24(34)15-20)25(28(38)30(36)39)27(37)22-12-11-21(14-17(22)2)42-16-19-8-6-5-7-9-19/h5-15,26,37H,4,16H2,1-3H3/t26-/m1/s1. The van der Waals surface area contributed by atoms with Crippen molar-refractivity contribution in [2.24, 2.45) is 0 Å². The fourth-order valence-corrected chi connectivity index (χ4v) is 6.07. The first-order chi connectivity index (χ1) is 20.6. The fraction of sp³-hybridized carbons (Fsp3) is 0.188. The highest BCUT2D eigenvalue weighted by molar-refractivity contribution is 7.17. The number of hydrogen-bond acceptors (Lipinski definition) is 8. The molecule has 43 heavy (non-hydrogen) atoms. The van der Waals surface area contributed by atoms with Crippen LogP contribution in [0.2, 0.25) is 10.0 Å². The van der Waals surface area contributed by atoms with E-state index in [0.29, 0.717) is 34.7 Å². The van der Waals surface area contributed by atoms with E-state index in [-0.39, 0.29) is 38.0 Å². The molecule has 0 spiro atoms. The number of anilines is 1. The number of aliphatic hydroxyl groups excluding tert-OH is 1. The summed E-state index contributed by atoms with van der Waals surface area (Å²) in [6.45, 7) is 5.58. The second-order valence-electron chi connectivity index (χ2n) is 9.73. The van der Waals surface area contributed by atoms with Crippen molar-refractivity contribution >= 4 is 63.1 Å². The quantitative estimate of drug-likeness (QED) is 0.0926. The molecule has 1 N–H and O–H groups in total. The smallest absolute Gasteiger partial charge is 0.350 e. The van der Waals surface area contributed by atoms with Crippen LogP contribution in [0.15, 0.2) is 72.3 Å². The molecule has 1 amide bonds. The van der Waals surface area contributed by atoms with Crippen molar-refractivity contribution in [3.05, 3.63) is 115 Å². The first kappa shape index (κ1) is 30.3. The average molecular weight is 638 g/mol. The Kier molecular flexibility index (Phi) is 8.87. The summed E-state index contributed by atoms with van der Waals surface area (Å²) in [5, 5.41) is 12.2. The number of benzene rings is 3. The number of aliphatic hydroxyl groups is 1. The molecule has 0 radical (unpaired) electrons. The third-order valence-electron chi connectivity index (χ3n) is 6.86. The van der Waals surface area contributed by atoms with Gasteiger partial charge in [-0.1, -0.05) is 70.9 Å². The first-order valence-electron chi connectivity index (χ1n) is 13.3. The number of esters is 1. The number of carbonyl (C=O) groups is 3. The van der Waals surface area contributed by atoms with Crippen LogP contribution >= 0.6 is 34.5 Å². The lowest BCUT2D eigenvalue weighted by Crippen LogP contribution is -2.29. The third kappa shape index (κ3) is 6.01. The molecule has 220 valence electrons. The zero-order valence-corrected chi connectivity index (χ0v) is 25.7.